The highest BCUT2D eigenvalue weighted by molar-refractivity contribution is 7.99. The van der Waals surface area contributed by atoms with E-state index in [1.165, 1.54) is 23.9 Å². The Labute approximate surface area is 180 Å². The second-order valence-electron chi connectivity index (χ2n) is 6.17. The Kier molecular flexibility index (Phi) is 7.36. The second kappa shape index (κ2) is 10.2. The van der Waals surface area contributed by atoms with Crippen molar-refractivity contribution in [2.24, 2.45) is 4.99 Å². The van der Waals surface area contributed by atoms with Crippen LogP contribution in [0.15, 0.2) is 53.5 Å². The van der Waals surface area contributed by atoms with E-state index in [2.05, 4.69) is 4.99 Å². The van der Waals surface area contributed by atoms with Gasteiger partial charge in [-0.05, 0) is 18.6 Å². The predicted octanol–water partition coefficient (Wildman–Crippen LogP) is 3.53. The van der Waals surface area contributed by atoms with E-state index in [1.54, 1.807) is 17.6 Å². The van der Waals surface area contributed by atoms with Crippen molar-refractivity contribution in [3.63, 3.8) is 0 Å². The van der Waals surface area contributed by atoms with Gasteiger partial charge in [0.05, 0.1) is 27.5 Å². The summed E-state index contributed by atoms with van der Waals surface area (Å²) >= 11 is 2.57. The number of aromatic nitrogens is 1. The van der Waals surface area contributed by atoms with Gasteiger partial charge in [0.1, 0.15) is 6.54 Å². The van der Waals surface area contributed by atoms with E-state index in [0.29, 0.717) is 20.8 Å². The molecule has 30 heavy (non-hydrogen) atoms. The molecule has 2 aromatic carbocycles. The van der Waals surface area contributed by atoms with Crippen molar-refractivity contribution in [2.75, 3.05) is 12.4 Å². The molecule has 156 valence electrons. The van der Waals surface area contributed by atoms with Gasteiger partial charge < -0.3 is 9.30 Å². The van der Waals surface area contributed by atoms with Crippen LogP contribution in [0.1, 0.15) is 12.5 Å². The van der Waals surface area contributed by atoms with Crippen molar-refractivity contribution in [3.8, 4) is 0 Å². The molecule has 0 aliphatic carbocycles. The minimum absolute atomic E-state index is 0.0664. The Morgan fingerprint density at radius 3 is 2.70 bits per heavy atom. The summed E-state index contributed by atoms with van der Waals surface area (Å²) in [6.45, 7) is 1.81. The number of non-ortho nitro benzene ring substituents is 1. The van der Waals surface area contributed by atoms with Crippen molar-refractivity contribution in [1.29, 1.82) is 0 Å². The minimum atomic E-state index is -0.489. The molecule has 0 bridgehead atoms. The van der Waals surface area contributed by atoms with Crippen LogP contribution in [0, 0.1) is 10.1 Å². The molecule has 3 rings (SSSR count). The summed E-state index contributed by atoms with van der Waals surface area (Å²) in [5.74, 6) is 0.0594. The van der Waals surface area contributed by atoms with E-state index in [4.69, 9.17) is 4.74 Å². The Bertz CT molecular complexity index is 1140. The molecule has 1 heterocycles. The largest absolute Gasteiger partial charge is 0.465 e. The molecule has 1 amide bonds. The topological polar surface area (TPSA) is 104 Å². The van der Waals surface area contributed by atoms with Crippen molar-refractivity contribution in [2.45, 2.75) is 19.2 Å². The average molecular weight is 446 g/mol. The normalized spacial score (nSPS) is 11.6. The molecule has 0 aliphatic rings. The van der Waals surface area contributed by atoms with Crippen molar-refractivity contribution in [1.82, 2.24) is 4.57 Å². The maximum absolute atomic E-state index is 12.4. The van der Waals surface area contributed by atoms with Crippen LogP contribution in [0.5, 0.6) is 0 Å². The van der Waals surface area contributed by atoms with E-state index < -0.39 is 10.9 Å². The van der Waals surface area contributed by atoms with Gasteiger partial charge in [-0.15, -0.1) is 11.8 Å². The van der Waals surface area contributed by atoms with Gasteiger partial charge in [-0.25, -0.2) is 0 Å². The summed E-state index contributed by atoms with van der Waals surface area (Å²) in [5, 5.41) is 11.1. The Balaban J connectivity index is 1.86. The Morgan fingerprint density at radius 2 is 2.00 bits per heavy atom. The van der Waals surface area contributed by atoms with Gasteiger partial charge in [0.2, 0.25) is 0 Å². The van der Waals surface area contributed by atoms with Crippen molar-refractivity contribution in [3.05, 3.63) is 69.0 Å². The smallest absolute Gasteiger partial charge is 0.326 e. The number of ether oxygens (including phenoxy) is 1. The highest BCUT2D eigenvalue weighted by Crippen LogP contribution is 2.23. The van der Waals surface area contributed by atoms with Gasteiger partial charge >= 0.3 is 5.97 Å². The van der Waals surface area contributed by atoms with Gasteiger partial charge in [0.25, 0.3) is 11.6 Å². The molecule has 0 atom stereocenters. The standard InChI is InChI=1S/C20H19N3O5S2/c1-2-28-19(25)11-22-16-9-8-15(23(26)27)10-17(16)30-20(22)21-18(24)13-29-12-14-6-4-3-5-7-14/h3-10H,2,11-13H2,1H3. The number of carbonyl (C=O) groups excluding carboxylic acids is 2. The molecular formula is C20H19N3O5S2. The Morgan fingerprint density at radius 1 is 1.23 bits per heavy atom. The molecular weight excluding hydrogens is 426 g/mol. The van der Waals surface area contributed by atoms with E-state index >= 15 is 0 Å². The monoisotopic (exact) mass is 445 g/mol. The maximum atomic E-state index is 12.4. The van der Waals surface area contributed by atoms with Gasteiger partial charge in [-0.2, -0.15) is 4.99 Å². The quantitative estimate of drug-likeness (QED) is 0.298. The first-order valence-corrected chi connectivity index (χ1v) is 11.1. The predicted molar refractivity (Wildman–Crippen MR) is 116 cm³/mol. The summed E-state index contributed by atoms with van der Waals surface area (Å²) < 4.78 is 7.13. The number of nitro benzene ring substituents is 1. The van der Waals surface area contributed by atoms with E-state index in [-0.39, 0.29) is 30.5 Å². The average Bonchev–Trinajstić information content (AvgIpc) is 3.05. The summed E-state index contributed by atoms with van der Waals surface area (Å²) in [6.07, 6.45) is 0. The number of carbonyl (C=O) groups is 2. The first-order chi connectivity index (χ1) is 14.5. The molecule has 0 saturated heterocycles. The van der Waals surface area contributed by atoms with E-state index in [9.17, 15) is 19.7 Å². The SMILES string of the molecule is CCOC(=O)Cn1c(=NC(=O)CSCc2ccccc2)sc2cc([N+](=O)[O-])ccc21. The van der Waals surface area contributed by atoms with Crippen LogP contribution in [0.2, 0.25) is 0 Å². The van der Waals surface area contributed by atoms with Crippen LogP contribution in [-0.2, 0) is 26.6 Å². The lowest BCUT2D eigenvalue weighted by molar-refractivity contribution is -0.384. The van der Waals surface area contributed by atoms with Gasteiger partial charge in [-0.1, -0.05) is 41.7 Å². The third kappa shape index (κ3) is 5.55. The number of benzene rings is 2. The summed E-state index contributed by atoms with van der Waals surface area (Å²) in [5.41, 5.74) is 1.63. The fourth-order valence-corrected chi connectivity index (χ4v) is 4.57. The number of thioether (sulfide) groups is 1. The second-order valence-corrected chi connectivity index (χ2v) is 8.16. The summed E-state index contributed by atoms with van der Waals surface area (Å²) in [4.78, 5) is 39.5. The van der Waals surface area contributed by atoms with Crippen molar-refractivity contribution >= 4 is 50.9 Å². The van der Waals surface area contributed by atoms with Crippen LogP contribution < -0.4 is 4.80 Å². The zero-order valence-corrected chi connectivity index (χ0v) is 17.8. The first kappa shape index (κ1) is 21.7. The van der Waals surface area contributed by atoms with Crippen LogP contribution in [0.4, 0.5) is 5.69 Å². The van der Waals surface area contributed by atoms with E-state index in [0.717, 1.165) is 16.9 Å². The maximum Gasteiger partial charge on any atom is 0.326 e. The molecule has 0 spiro atoms. The first-order valence-electron chi connectivity index (χ1n) is 9.10. The van der Waals surface area contributed by atoms with Crippen molar-refractivity contribution < 1.29 is 19.2 Å². The molecule has 0 saturated carbocycles. The summed E-state index contributed by atoms with van der Waals surface area (Å²) in [7, 11) is 0. The number of thiazole rings is 1. The van der Waals surface area contributed by atoms with E-state index in [1.807, 2.05) is 30.3 Å². The van der Waals surface area contributed by atoms with Crippen LogP contribution in [-0.4, -0.2) is 33.7 Å². The number of nitrogens with zero attached hydrogens (tertiary/aromatic N) is 3. The third-order valence-corrected chi connectivity index (χ3v) is 6.06. The molecule has 10 heteroatoms. The number of amides is 1. The molecule has 0 radical (unpaired) electrons. The zero-order valence-electron chi connectivity index (χ0n) is 16.1. The third-order valence-electron chi connectivity index (χ3n) is 4.03. The molecule has 1 aromatic heterocycles. The number of fused-ring (bicyclic) bond motifs is 1. The number of rotatable bonds is 8. The zero-order chi connectivity index (χ0) is 21.5. The lowest BCUT2D eigenvalue weighted by atomic mass is 10.2. The number of nitro groups is 1. The van der Waals surface area contributed by atoms with Crippen LogP contribution in [0.3, 0.4) is 0 Å². The fraction of sp³-hybridized carbons (Fsp3) is 0.250. The van der Waals surface area contributed by atoms with Gasteiger partial charge in [-0.3, -0.25) is 19.7 Å². The highest BCUT2D eigenvalue weighted by Gasteiger charge is 2.15. The molecule has 8 nitrogen and oxygen atoms in total. The lowest BCUT2D eigenvalue weighted by Gasteiger charge is -2.05. The Hall–Kier alpha value is -2.98. The lowest BCUT2D eigenvalue weighted by Crippen LogP contribution is -2.23. The molecule has 0 fully saturated rings. The fourth-order valence-electron chi connectivity index (χ4n) is 2.72. The highest BCUT2D eigenvalue weighted by atomic mass is 32.2. The molecule has 0 aliphatic heterocycles. The number of hydrogen-bond donors (Lipinski definition) is 0. The van der Waals surface area contributed by atoms with Crippen LogP contribution in [0.25, 0.3) is 10.2 Å². The van der Waals surface area contributed by atoms with Gasteiger partial charge in [0, 0.05) is 17.9 Å². The molecule has 0 N–H and O–H groups in total. The van der Waals surface area contributed by atoms with Gasteiger partial charge in [0.15, 0.2) is 4.80 Å². The van der Waals surface area contributed by atoms with Crippen LogP contribution >= 0.6 is 23.1 Å². The summed E-state index contributed by atoms with van der Waals surface area (Å²) in [6, 6.07) is 14.1. The molecule has 3 aromatic rings. The number of esters is 1. The number of hydrogen-bond acceptors (Lipinski definition) is 7. The minimum Gasteiger partial charge on any atom is -0.465 e. The molecule has 0 unspecified atom stereocenters.